The Bertz CT molecular complexity index is 1380. The van der Waals surface area contributed by atoms with E-state index in [-0.39, 0.29) is 31.5 Å². The average Bonchev–Trinajstić information content (AvgIpc) is 3.47. The number of nitrogen functional groups attached to an aromatic ring is 1. The van der Waals surface area contributed by atoms with Gasteiger partial charge in [0.1, 0.15) is 18.2 Å². The number of nitrogens with two attached hydrogens (primary N) is 1. The van der Waals surface area contributed by atoms with Crippen LogP contribution in [0.25, 0.3) is 11.2 Å². The molecule has 2 rings (SSSR count). The maximum Gasteiger partial charge on any atom is 0.355 e. The lowest BCUT2D eigenvalue weighted by atomic mass is 10.2. The first-order chi connectivity index (χ1) is 22.4. The molecule has 252 valence electrons. The molecule has 2 aromatic rings. The fraction of sp³-hybridized carbons (Fsp3) is 0.471. The highest BCUT2D eigenvalue weighted by Gasteiger charge is 2.25. The van der Waals surface area contributed by atoms with Crippen LogP contribution in [0.15, 0.2) is 85.6 Å². The lowest BCUT2D eigenvalue weighted by molar-refractivity contribution is -0.121. The number of allylic oxidation sites excluding steroid dienone is 12. The second-order valence-electron chi connectivity index (χ2n) is 10.4. The van der Waals surface area contributed by atoms with Gasteiger partial charge in [-0.15, -0.1) is 0 Å². The monoisotopic (exact) mass is 654 g/mol. The van der Waals surface area contributed by atoms with Crippen LogP contribution in [0.5, 0.6) is 0 Å². The number of fused-ring (bicyclic) bond motifs is 1. The van der Waals surface area contributed by atoms with Gasteiger partial charge in [0.05, 0.1) is 25.6 Å². The maximum atomic E-state index is 12.9. The first-order valence-corrected chi connectivity index (χ1v) is 17.6. The molecule has 1 amide bonds. The molecule has 2 aromatic heterocycles. The van der Waals surface area contributed by atoms with Crippen molar-refractivity contribution in [2.45, 2.75) is 77.9 Å². The highest BCUT2D eigenvalue weighted by molar-refractivity contribution is 7.53. The number of carbonyl (C=O) groups excluding carboxylic acids is 1. The summed E-state index contributed by atoms with van der Waals surface area (Å²) in [5.41, 5.74) is 6.93. The van der Waals surface area contributed by atoms with E-state index in [1.807, 2.05) is 13.0 Å². The molecule has 2 atom stereocenters. The number of imidazole rings is 1. The quantitative estimate of drug-likeness (QED) is 0.0681. The van der Waals surface area contributed by atoms with Crippen LogP contribution >= 0.6 is 7.60 Å². The molecule has 0 bridgehead atoms. The number of rotatable bonds is 24. The Hall–Kier alpha value is -3.63. The van der Waals surface area contributed by atoms with Crippen molar-refractivity contribution in [3.8, 4) is 0 Å². The van der Waals surface area contributed by atoms with Gasteiger partial charge in [0.25, 0.3) is 0 Å². The third kappa shape index (κ3) is 16.6. The molecule has 0 saturated heterocycles. The molecule has 0 aliphatic rings. The SMILES string of the molecule is CCC=CCC=CCC=CCC=CCC=CCC=CCCC(=O)NCCOP(=O)(COC(C)Cn1cnc2c(N)ncnc21)OC. The van der Waals surface area contributed by atoms with Gasteiger partial charge in [-0.2, -0.15) is 0 Å². The van der Waals surface area contributed by atoms with Gasteiger partial charge in [0.15, 0.2) is 11.5 Å². The molecule has 0 aromatic carbocycles. The summed E-state index contributed by atoms with van der Waals surface area (Å²) in [6.45, 7) is 4.63. The fourth-order valence-electron chi connectivity index (χ4n) is 4.04. The summed E-state index contributed by atoms with van der Waals surface area (Å²) in [5.74, 6) is 0.202. The molecule has 12 heteroatoms. The molecule has 0 spiro atoms. The summed E-state index contributed by atoms with van der Waals surface area (Å²) >= 11 is 0. The Morgan fingerprint density at radius 2 is 1.52 bits per heavy atom. The summed E-state index contributed by atoms with van der Waals surface area (Å²) in [5, 5.41) is 2.77. The standard InChI is InChI=1S/C34H51N6O5P/c1-4-5-6-7-8-9-10-11-12-13-14-15-16-17-18-19-20-21-22-23-31(41)36-24-25-45-46(42,43-3)29-44-30(2)26-40-28-39-32-33(35)37-27-38-34(32)40/h5-6,8-9,11-12,14-15,17-18,20-21,27-28,30H,4,7,10,13,16,19,22-26,29H2,1-3H3,(H,36,41)(H2,35,37,38). The molecule has 0 aliphatic carbocycles. The zero-order valence-electron chi connectivity index (χ0n) is 27.5. The average molecular weight is 655 g/mol. The summed E-state index contributed by atoms with van der Waals surface area (Å²) in [6.07, 6.45) is 35.0. The van der Waals surface area contributed by atoms with E-state index in [1.54, 1.807) is 10.9 Å². The number of nitrogens with one attached hydrogen (secondary N) is 1. The van der Waals surface area contributed by atoms with Crippen molar-refractivity contribution in [1.29, 1.82) is 0 Å². The van der Waals surface area contributed by atoms with Gasteiger partial charge in [-0.25, -0.2) is 15.0 Å². The molecule has 2 unspecified atom stereocenters. The normalized spacial score (nSPS) is 14.7. The number of carbonyl (C=O) groups is 1. The Morgan fingerprint density at radius 3 is 2.11 bits per heavy atom. The van der Waals surface area contributed by atoms with E-state index in [1.165, 1.54) is 13.4 Å². The van der Waals surface area contributed by atoms with Gasteiger partial charge in [0, 0.05) is 20.1 Å². The summed E-state index contributed by atoms with van der Waals surface area (Å²) in [7, 11) is -2.18. The zero-order chi connectivity index (χ0) is 33.3. The van der Waals surface area contributed by atoms with E-state index in [4.69, 9.17) is 19.5 Å². The van der Waals surface area contributed by atoms with E-state index >= 15 is 0 Å². The number of amides is 1. The number of ether oxygens (including phenoxy) is 1. The van der Waals surface area contributed by atoms with Crippen molar-refractivity contribution in [3.05, 3.63) is 85.6 Å². The number of anilines is 1. The van der Waals surface area contributed by atoms with Crippen molar-refractivity contribution < 1.29 is 23.1 Å². The minimum Gasteiger partial charge on any atom is -0.382 e. The van der Waals surface area contributed by atoms with Crippen molar-refractivity contribution in [2.75, 3.05) is 32.3 Å². The number of nitrogens with zero attached hydrogens (tertiary/aromatic N) is 4. The van der Waals surface area contributed by atoms with Gasteiger partial charge < -0.3 is 29.4 Å². The summed E-state index contributed by atoms with van der Waals surface area (Å²) < 4.78 is 31.0. The number of aromatic nitrogens is 4. The molecular formula is C34H51N6O5P. The lowest BCUT2D eigenvalue weighted by Gasteiger charge is -2.20. The van der Waals surface area contributed by atoms with Crippen LogP contribution in [-0.2, 0) is 29.7 Å². The Labute approximate surface area is 273 Å². The largest absolute Gasteiger partial charge is 0.382 e. The van der Waals surface area contributed by atoms with Crippen LogP contribution < -0.4 is 11.1 Å². The molecule has 0 radical (unpaired) electrons. The van der Waals surface area contributed by atoms with Gasteiger partial charge in [-0.05, 0) is 51.9 Å². The lowest BCUT2D eigenvalue weighted by Crippen LogP contribution is -2.27. The Morgan fingerprint density at radius 1 is 0.935 bits per heavy atom. The third-order valence-corrected chi connectivity index (χ3v) is 8.12. The summed E-state index contributed by atoms with van der Waals surface area (Å²) in [6, 6.07) is 0. The predicted octanol–water partition coefficient (Wildman–Crippen LogP) is 7.22. The topological polar surface area (TPSA) is 143 Å². The smallest absolute Gasteiger partial charge is 0.355 e. The van der Waals surface area contributed by atoms with E-state index in [0.717, 1.165) is 38.5 Å². The second-order valence-corrected chi connectivity index (χ2v) is 12.5. The van der Waals surface area contributed by atoms with Gasteiger partial charge in [0.2, 0.25) is 5.91 Å². The molecule has 3 N–H and O–H groups in total. The molecule has 11 nitrogen and oxygen atoms in total. The van der Waals surface area contributed by atoms with Gasteiger partial charge >= 0.3 is 7.60 Å². The van der Waals surface area contributed by atoms with Crippen molar-refractivity contribution in [2.24, 2.45) is 0 Å². The third-order valence-electron chi connectivity index (χ3n) is 6.53. The van der Waals surface area contributed by atoms with Crippen molar-refractivity contribution >= 4 is 30.5 Å². The molecule has 46 heavy (non-hydrogen) atoms. The second kappa shape index (κ2) is 23.7. The first kappa shape index (κ1) is 38.6. The Kier molecular flexibility index (Phi) is 19.8. The van der Waals surface area contributed by atoms with Crippen molar-refractivity contribution in [3.63, 3.8) is 0 Å². The fourth-order valence-corrected chi connectivity index (χ4v) is 5.13. The van der Waals surface area contributed by atoms with Crippen LogP contribution in [0, 0.1) is 0 Å². The van der Waals surface area contributed by atoms with Crippen LogP contribution in [0.4, 0.5) is 5.82 Å². The van der Waals surface area contributed by atoms with Crippen molar-refractivity contribution in [1.82, 2.24) is 24.8 Å². The van der Waals surface area contributed by atoms with Crippen LogP contribution in [0.1, 0.15) is 65.2 Å². The highest BCUT2D eigenvalue weighted by Crippen LogP contribution is 2.47. The van der Waals surface area contributed by atoms with E-state index in [9.17, 15) is 9.36 Å². The van der Waals surface area contributed by atoms with E-state index < -0.39 is 7.60 Å². The van der Waals surface area contributed by atoms with Gasteiger partial charge in [-0.3, -0.25) is 9.36 Å². The summed E-state index contributed by atoms with van der Waals surface area (Å²) in [4.78, 5) is 24.5. The molecule has 0 aliphatic heterocycles. The molecule has 2 heterocycles. The zero-order valence-corrected chi connectivity index (χ0v) is 28.4. The highest BCUT2D eigenvalue weighted by atomic mass is 31.2. The van der Waals surface area contributed by atoms with Crippen LogP contribution in [0.3, 0.4) is 0 Å². The number of hydrogen-bond acceptors (Lipinski definition) is 9. The minimum absolute atomic E-state index is 0.0386. The van der Waals surface area contributed by atoms with Gasteiger partial charge in [-0.1, -0.05) is 79.8 Å². The van der Waals surface area contributed by atoms with E-state index in [0.29, 0.717) is 36.4 Å². The van der Waals surface area contributed by atoms with E-state index in [2.05, 4.69) is 94.0 Å². The molecule has 0 saturated carbocycles. The minimum atomic E-state index is -3.49. The molecule has 0 fully saturated rings. The predicted molar refractivity (Wildman–Crippen MR) is 186 cm³/mol. The van der Waals surface area contributed by atoms with Crippen LogP contribution in [-0.4, -0.2) is 58.1 Å². The first-order valence-electron chi connectivity index (χ1n) is 15.9. The van der Waals surface area contributed by atoms with Crippen LogP contribution in [0.2, 0.25) is 0 Å². The molecular weight excluding hydrogens is 603 g/mol. The maximum absolute atomic E-state index is 12.9. The Balaban J connectivity index is 1.50. The number of hydrogen-bond donors (Lipinski definition) is 2.